The van der Waals surface area contributed by atoms with Gasteiger partial charge in [0.2, 0.25) is 0 Å². The van der Waals surface area contributed by atoms with Crippen LogP contribution >= 0.6 is 0 Å². The number of carboxylic acid groups (broad SMARTS) is 3. The number of benzene rings is 1. The Labute approximate surface area is 169 Å². The van der Waals surface area contributed by atoms with E-state index in [0.717, 1.165) is 5.56 Å². The molecule has 1 aromatic rings. The van der Waals surface area contributed by atoms with Gasteiger partial charge in [0.05, 0.1) is 19.6 Å². The Kier molecular flexibility index (Phi) is 10.7. The minimum Gasteiger partial charge on any atom is -0.480 e. The molecule has 0 saturated carbocycles. The van der Waals surface area contributed by atoms with E-state index in [1.165, 1.54) is 0 Å². The Morgan fingerprint density at radius 3 is 2.17 bits per heavy atom. The van der Waals surface area contributed by atoms with Gasteiger partial charge in [-0.1, -0.05) is 19.1 Å². The molecule has 10 heteroatoms. The molecule has 0 fully saturated rings. The predicted molar refractivity (Wildman–Crippen MR) is 108 cm³/mol. The highest BCUT2D eigenvalue weighted by Gasteiger charge is 2.23. The van der Waals surface area contributed by atoms with Crippen LogP contribution in [0.15, 0.2) is 24.3 Å². The molecule has 1 rings (SSSR count). The van der Waals surface area contributed by atoms with E-state index in [9.17, 15) is 24.6 Å². The van der Waals surface area contributed by atoms with Crippen LogP contribution in [0.5, 0.6) is 0 Å². The van der Waals surface area contributed by atoms with Gasteiger partial charge in [-0.05, 0) is 30.7 Å². The van der Waals surface area contributed by atoms with Gasteiger partial charge in [0.15, 0.2) is 0 Å². The van der Waals surface area contributed by atoms with Crippen molar-refractivity contribution in [2.45, 2.75) is 19.4 Å². The van der Waals surface area contributed by atoms with Gasteiger partial charge in [-0.3, -0.25) is 24.2 Å². The molecule has 29 heavy (non-hydrogen) atoms. The van der Waals surface area contributed by atoms with Crippen LogP contribution in [-0.2, 0) is 20.8 Å². The van der Waals surface area contributed by atoms with Crippen LogP contribution < -0.4 is 11.1 Å². The van der Waals surface area contributed by atoms with Gasteiger partial charge in [0.25, 0.3) is 0 Å². The van der Waals surface area contributed by atoms with E-state index >= 15 is 0 Å². The standard InChI is InChI=1S/C19H30N4O6/c1-2-23(13-19(28)29)16(9-14-3-5-15(20)6-4-14)11-22(12-18(26)27)8-7-21-10-17(24)25/h3-6,16,21H,2,7-13,20H2,1H3,(H,24,25)(H,26,27)(H,28,29)/t16-/m1/s1. The van der Waals surface area contributed by atoms with Gasteiger partial charge in [-0.15, -0.1) is 0 Å². The first kappa shape index (κ1) is 24.3. The topological polar surface area (TPSA) is 156 Å². The molecule has 0 radical (unpaired) electrons. The van der Waals surface area contributed by atoms with Crippen molar-refractivity contribution in [3.8, 4) is 0 Å². The average Bonchev–Trinajstić information content (AvgIpc) is 2.63. The molecule has 10 nitrogen and oxygen atoms in total. The van der Waals surface area contributed by atoms with Crippen LogP contribution in [0.2, 0.25) is 0 Å². The number of carbonyl (C=O) groups is 3. The molecule has 1 atom stereocenters. The highest BCUT2D eigenvalue weighted by atomic mass is 16.4. The normalized spacial score (nSPS) is 12.2. The smallest absolute Gasteiger partial charge is 0.317 e. The van der Waals surface area contributed by atoms with Gasteiger partial charge in [-0.2, -0.15) is 0 Å². The lowest BCUT2D eigenvalue weighted by Gasteiger charge is -2.34. The molecular formula is C19H30N4O6. The SMILES string of the molecule is CCN(CC(=O)O)[C@H](Cc1ccc(N)cc1)CN(CCNCC(=O)O)CC(=O)O. The number of nitrogens with two attached hydrogens (primary N) is 1. The Morgan fingerprint density at radius 2 is 1.66 bits per heavy atom. The van der Waals surface area contributed by atoms with E-state index in [0.29, 0.717) is 38.3 Å². The highest BCUT2D eigenvalue weighted by Crippen LogP contribution is 2.13. The Bertz CT molecular complexity index is 667. The molecule has 0 aliphatic carbocycles. The predicted octanol–water partition coefficient (Wildman–Crippen LogP) is -0.353. The molecule has 6 N–H and O–H groups in total. The molecule has 0 spiro atoms. The molecule has 0 unspecified atom stereocenters. The largest absolute Gasteiger partial charge is 0.480 e. The Balaban J connectivity index is 2.92. The van der Waals surface area contributed by atoms with Gasteiger partial charge >= 0.3 is 17.9 Å². The molecule has 0 aromatic heterocycles. The van der Waals surface area contributed by atoms with Crippen molar-refractivity contribution in [2.75, 3.05) is 51.5 Å². The van der Waals surface area contributed by atoms with Gasteiger partial charge in [-0.25, -0.2) is 0 Å². The Morgan fingerprint density at radius 1 is 1.03 bits per heavy atom. The summed E-state index contributed by atoms with van der Waals surface area (Å²) in [5, 5.41) is 29.9. The van der Waals surface area contributed by atoms with Crippen molar-refractivity contribution in [1.29, 1.82) is 0 Å². The molecule has 162 valence electrons. The van der Waals surface area contributed by atoms with E-state index in [1.807, 2.05) is 19.1 Å². The molecule has 0 bridgehead atoms. The van der Waals surface area contributed by atoms with Gasteiger partial charge in [0, 0.05) is 31.4 Å². The summed E-state index contributed by atoms with van der Waals surface area (Å²) in [6, 6.07) is 7.04. The fourth-order valence-corrected chi connectivity index (χ4v) is 3.06. The van der Waals surface area contributed by atoms with E-state index in [1.54, 1.807) is 21.9 Å². The van der Waals surface area contributed by atoms with Gasteiger partial charge < -0.3 is 26.4 Å². The van der Waals surface area contributed by atoms with Crippen molar-refractivity contribution in [1.82, 2.24) is 15.1 Å². The number of carboxylic acids is 3. The maximum Gasteiger partial charge on any atom is 0.317 e. The third-order valence-corrected chi connectivity index (χ3v) is 4.42. The fraction of sp³-hybridized carbons (Fsp3) is 0.526. The number of hydrogen-bond acceptors (Lipinski definition) is 7. The third kappa shape index (κ3) is 10.4. The second-order valence-electron chi connectivity index (χ2n) is 6.76. The number of aliphatic carboxylic acids is 3. The van der Waals surface area contributed by atoms with Crippen molar-refractivity contribution < 1.29 is 29.7 Å². The summed E-state index contributed by atoms with van der Waals surface area (Å²) >= 11 is 0. The maximum atomic E-state index is 11.3. The number of nitrogens with zero attached hydrogens (tertiary/aromatic N) is 2. The summed E-state index contributed by atoms with van der Waals surface area (Å²) in [5.41, 5.74) is 7.31. The number of nitrogen functional groups attached to an aromatic ring is 1. The van der Waals surface area contributed by atoms with Crippen LogP contribution in [-0.4, -0.2) is 94.9 Å². The summed E-state index contributed by atoms with van der Waals surface area (Å²) in [6.45, 7) is 2.70. The van der Waals surface area contributed by atoms with Crippen LogP contribution in [0.3, 0.4) is 0 Å². The van der Waals surface area contributed by atoms with E-state index in [2.05, 4.69) is 5.32 Å². The zero-order chi connectivity index (χ0) is 21.8. The summed E-state index contributed by atoms with van der Waals surface area (Å²) in [7, 11) is 0. The average molecular weight is 410 g/mol. The lowest BCUT2D eigenvalue weighted by molar-refractivity contribution is -0.140. The lowest BCUT2D eigenvalue weighted by Crippen LogP contribution is -2.49. The first-order chi connectivity index (χ1) is 13.7. The Hall–Kier alpha value is -2.69. The summed E-state index contributed by atoms with van der Waals surface area (Å²) in [6.07, 6.45) is 0.528. The number of rotatable bonds is 15. The highest BCUT2D eigenvalue weighted by molar-refractivity contribution is 5.70. The molecule has 0 amide bonds. The molecular weight excluding hydrogens is 380 g/mol. The third-order valence-electron chi connectivity index (χ3n) is 4.42. The van der Waals surface area contributed by atoms with Crippen LogP contribution in [0.1, 0.15) is 12.5 Å². The quantitative estimate of drug-likeness (QED) is 0.191. The lowest BCUT2D eigenvalue weighted by atomic mass is 10.0. The molecule has 0 aliphatic heterocycles. The number of anilines is 1. The van der Waals surface area contributed by atoms with Gasteiger partial charge in [0.1, 0.15) is 0 Å². The second kappa shape index (κ2) is 12.7. The van der Waals surface area contributed by atoms with E-state index < -0.39 is 17.9 Å². The van der Waals surface area contributed by atoms with Crippen LogP contribution in [0, 0.1) is 0 Å². The molecule has 0 heterocycles. The zero-order valence-electron chi connectivity index (χ0n) is 16.6. The fourth-order valence-electron chi connectivity index (χ4n) is 3.06. The number of likely N-dealkylation sites (N-methyl/N-ethyl adjacent to an activating group) is 1. The number of hydrogen-bond donors (Lipinski definition) is 5. The minimum absolute atomic E-state index is 0.158. The zero-order valence-corrected chi connectivity index (χ0v) is 16.6. The van der Waals surface area contributed by atoms with Crippen molar-refractivity contribution in [3.05, 3.63) is 29.8 Å². The minimum atomic E-state index is -1.00. The summed E-state index contributed by atoms with van der Waals surface area (Å²) in [5.74, 6) is -2.95. The van der Waals surface area contributed by atoms with Crippen LogP contribution in [0.25, 0.3) is 0 Å². The van der Waals surface area contributed by atoms with E-state index in [-0.39, 0.29) is 25.7 Å². The molecule has 0 saturated heterocycles. The van der Waals surface area contributed by atoms with Crippen molar-refractivity contribution in [2.24, 2.45) is 0 Å². The number of nitrogens with one attached hydrogen (secondary N) is 1. The monoisotopic (exact) mass is 410 g/mol. The first-order valence-electron chi connectivity index (χ1n) is 9.38. The van der Waals surface area contributed by atoms with Crippen molar-refractivity contribution >= 4 is 23.6 Å². The first-order valence-corrected chi connectivity index (χ1v) is 9.38. The second-order valence-corrected chi connectivity index (χ2v) is 6.76. The molecule has 1 aromatic carbocycles. The van der Waals surface area contributed by atoms with E-state index in [4.69, 9.17) is 10.8 Å². The molecule has 0 aliphatic rings. The van der Waals surface area contributed by atoms with Crippen LogP contribution in [0.4, 0.5) is 5.69 Å². The summed E-state index contributed by atoms with van der Waals surface area (Å²) < 4.78 is 0. The maximum absolute atomic E-state index is 11.3. The summed E-state index contributed by atoms with van der Waals surface area (Å²) in [4.78, 5) is 36.6. The van der Waals surface area contributed by atoms with Crippen molar-refractivity contribution in [3.63, 3.8) is 0 Å².